The third-order valence-corrected chi connectivity index (χ3v) is 3.24. The number of hydrogen-bond acceptors (Lipinski definition) is 7. The Morgan fingerprint density at radius 1 is 1.25 bits per heavy atom. The minimum absolute atomic E-state index is 0.0783. The van der Waals surface area contributed by atoms with Gasteiger partial charge in [-0.05, 0) is 13.8 Å². The first-order valence-electron chi connectivity index (χ1n) is 6.97. The number of nitrogens with one attached hydrogen (secondary N) is 2. The largest absolute Gasteiger partial charge is 0.452 e. The molecule has 1 atom stereocenters. The first-order valence-corrected chi connectivity index (χ1v) is 7.35. The standard InChI is InChI=1S/C14H13ClFN7O/c1-7-3-11(23-22-7)20-13-10(15)6-19-14(21-13)24-8(2)12-17-4-9(16)5-18-12/h3-6,8H,1-2H3,(H2,19,20,21,22,23). The predicted molar refractivity (Wildman–Crippen MR) is 84.7 cm³/mol. The van der Waals surface area contributed by atoms with Crippen LogP contribution in [0.4, 0.5) is 16.0 Å². The molecule has 10 heteroatoms. The van der Waals surface area contributed by atoms with Gasteiger partial charge in [0.05, 0.1) is 18.6 Å². The first kappa shape index (κ1) is 16.1. The Labute approximate surface area is 141 Å². The lowest BCUT2D eigenvalue weighted by Gasteiger charge is -2.12. The Bertz CT molecular complexity index is 839. The highest BCUT2D eigenvalue weighted by atomic mass is 35.5. The molecule has 8 nitrogen and oxygen atoms in total. The van der Waals surface area contributed by atoms with Crippen LogP contribution in [0.2, 0.25) is 5.02 Å². The number of nitrogens with zero attached hydrogens (tertiary/aromatic N) is 5. The number of aryl methyl sites for hydroxylation is 1. The number of halogens is 2. The van der Waals surface area contributed by atoms with Gasteiger partial charge in [-0.3, -0.25) is 5.10 Å². The summed E-state index contributed by atoms with van der Waals surface area (Å²) in [6.07, 6.45) is 2.98. The van der Waals surface area contributed by atoms with Gasteiger partial charge in [0.1, 0.15) is 5.02 Å². The van der Waals surface area contributed by atoms with E-state index in [0.29, 0.717) is 22.5 Å². The summed E-state index contributed by atoms with van der Waals surface area (Å²) in [6, 6.07) is 1.88. The van der Waals surface area contributed by atoms with Gasteiger partial charge in [-0.25, -0.2) is 19.3 Å². The molecule has 0 fully saturated rings. The van der Waals surface area contributed by atoms with Crippen LogP contribution in [0.3, 0.4) is 0 Å². The molecule has 0 saturated heterocycles. The van der Waals surface area contributed by atoms with Gasteiger partial charge in [0.2, 0.25) is 0 Å². The molecule has 3 heterocycles. The van der Waals surface area contributed by atoms with E-state index in [-0.39, 0.29) is 6.01 Å². The number of rotatable bonds is 5. The van der Waals surface area contributed by atoms with Crippen molar-refractivity contribution in [3.63, 3.8) is 0 Å². The molecular weight excluding hydrogens is 337 g/mol. The highest BCUT2D eigenvalue weighted by Gasteiger charge is 2.14. The van der Waals surface area contributed by atoms with Crippen LogP contribution in [0.5, 0.6) is 6.01 Å². The molecule has 0 radical (unpaired) electrons. The number of H-pyrrole nitrogens is 1. The maximum absolute atomic E-state index is 12.9. The van der Waals surface area contributed by atoms with E-state index >= 15 is 0 Å². The molecule has 0 aliphatic heterocycles. The summed E-state index contributed by atoms with van der Waals surface area (Å²) in [6.45, 7) is 3.58. The van der Waals surface area contributed by atoms with Crippen LogP contribution in [0, 0.1) is 12.7 Å². The summed E-state index contributed by atoms with van der Waals surface area (Å²) in [4.78, 5) is 15.9. The van der Waals surface area contributed by atoms with E-state index in [1.54, 1.807) is 13.0 Å². The molecule has 0 spiro atoms. The van der Waals surface area contributed by atoms with Gasteiger partial charge in [0.15, 0.2) is 29.4 Å². The predicted octanol–water partition coefficient (Wildman–Crippen LogP) is 2.97. The Hall–Kier alpha value is -2.81. The minimum Gasteiger partial charge on any atom is -0.452 e. The van der Waals surface area contributed by atoms with Gasteiger partial charge in [-0.2, -0.15) is 10.1 Å². The summed E-state index contributed by atoms with van der Waals surface area (Å²) >= 11 is 6.08. The molecule has 0 aliphatic rings. The SMILES string of the molecule is Cc1cc(Nc2nc(OC(C)c3ncc(F)cn3)ncc2Cl)n[nH]1. The fraction of sp³-hybridized carbons (Fsp3) is 0.214. The number of aromatic nitrogens is 6. The Kier molecular flexibility index (Phi) is 4.52. The van der Waals surface area contributed by atoms with Crippen molar-refractivity contribution in [3.8, 4) is 6.01 Å². The second kappa shape index (κ2) is 6.75. The Morgan fingerprint density at radius 3 is 2.67 bits per heavy atom. The summed E-state index contributed by atoms with van der Waals surface area (Å²) in [7, 11) is 0. The maximum atomic E-state index is 12.9. The second-order valence-corrected chi connectivity index (χ2v) is 5.34. The van der Waals surface area contributed by atoms with E-state index in [1.807, 2.05) is 6.92 Å². The van der Waals surface area contributed by atoms with Crippen LogP contribution in [-0.2, 0) is 0 Å². The van der Waals surface area contributed by atoms with Crippen LogP contribution in [0.25, 0.3) is 0 Å². The number of anilines is 2. The third kappa shape index (κ3) is 3.74. The quantitative estimate of drug-likeness (QED) is 0.730. The van der Waals surface area contributed by atoms with Gasteiger partial charge in [-0.1, -0.05) is 11.6 Å². The average Bonchev–Trinajstić information content (AvgIpc) is 2.96. The molecule has 2 N–H and O–H groups in total. The molecule has 24 heavy (non-hydrogen) atoms. The zero-order valence-corrected chi connectivity index (χ0v) is 13.5. The molecule has 0 aromatic carbocycles. The topological polar surface area (TPSA) is 102 Å². The van der Waals surface area contributed by atoms with Crippen molar-refractivity contribution in [2.75, 3.05) is 5.32 Å². The van der Waals surface area contributed by atoms with E-state index < -0.39 is 11.9 Å². The highest BCUT2D eigenvalue weighted by molar-refractivity contribution is 6.32. The van der Waals surface area contributed by atoms with E-state index in [2.05, 4.69) is 35.5 Å². The lowest BCUT2D eigenvalue weighted by atomic mass is 10.4. The van der Waals surface area contributed by atoms with E-state index in [9.17, 15) is 4.39 Å². The maximum Gasteiger partial charge on any atom is 0.319 e. The molecule has 0 bridgehead atoms. The van der Waals surface area contributed by atoms with Crippen molar-refractivity contribution in [1.82, 2.24) is 30.1 Å². The summed E-state index contributed by atoms with van der Waals surface area (Å²) in [5, 5.41) is 10.1. The number of aromatic amines is 1. The van der Waals surface area contributed by atoms with Gasteiger partial charge >= 0.3 is 6.01 Å². The normalized spacial score (nSPS) is 12.0. The van der Waals surface area contributed by atoms with E-state index in [1.165, 1.54) is 6.20 Å². The van der Waals surface area contributed by atoms with Gasteiger partial charge in [0, 0.05) is 11.8 Å². The smallest absolute Gasteiger partial charge is 0.319 e. The lowest BCUT2D eigenvalue weighted by Crippen LogP contribution is -2.10. The van der Waals surface area contributed by atoms with Gasteiger partial charge in [-0.15, -0.1) is 0 Å². The molecule has 3 rings (SSSR count). The van der Waals surface area contributed by atoms with Gasteiger partial charge < -0.3 is 10.1 Å². The van der Waals surface area contributed by atoms with E-state index in [4.69, 9.17) is 16.3 Å². The van der Waals surface area contributed by atoms with Crippen LogP contribution in [-0.4, -0.2) is 30.1 Å². The zero-order chi connectivity index (χ0) is 17.1. The van der Waals surface area contributed by atoms with Crippen LogP contribution < -0.4 is 10.1 Å². The van der Waals surface area contributed by atoms with Crippen molar-refractivity contribution in [1.29, 1.82) is 0 Å². The van der Waals surface area contributed by atoms with Crippen LogP contribution in [0.15, 0.2) is 24.7 Å². The third-order valence-electron chi connectivity index (χ3n) is 2.96. The fourth-order valence-corrected chi connectivity index (χ4v) is 1.98. The summed E-state index contributed by atoms with van der Waals surface area (Å²) < 4.78 is 18.4. The molecule has 0 aliphatic carbocycles. The molecule has 3 aromatic heterocycles. The highest BCUT2D eigenvalue weighted by Crippen LogP contribution is 2.25. The second-order valence-electron chi connectivity index (χ2n) is 4.93. The average molecular weight is 350 g/mol. The van der Waals surface area contributed by atoms with E-state index in [0.717, 1.165) is 18.1 Å². The van der Waals surface area contributed by atoms with Crippen LogP contribution >= 0.6 is 11.6 Å². The van der Waals surface area contributed by atoms with Crippen molar-refractivity contribution in [3.05, 3.63) is 47.0 Å². The number of ether oxygens (including phenoxy) is 1. The Balaban J connectivity index is 1.76. The molecule has 3 aromatic rings. The monoisotopic (exact) mass is 349 g/mol. The molecular formula is C14H13ClFN7O. The lowest BCUT2D eigenvalue weighted by molar-refractivity contribution is 0.197. The number of hydrogen-bond donors (Lipinski definition) is 2. The minimum atomic E-state index is -0.563. The van der Waals surface area contributed by atoms with Crippen molar-refractivity contribution < 1.29 is 9.13 Å². The molecule has 124 valence electrons. The van der Waals surface area contributed by atoms with Crippen LogP contribution in [0.1, 0.15) is 24.5 Å². The first-order chi connectivity index (χ1) is 11.5. The van der Waals surface area contributed by atoms with Crippen molar-refractivity contribution >= 4 is 23.2 Å². The summed E-state index contributed by atoms with van der Waals surface area (Å²) in [5.74, 6) is 0.705. The fourth-order valence-electron chi connectivity index (χ4n) is 1.84. The molecule has 1 unspecified atom stereocenters. The summed E-state index contributed by atoms with van der Waals surface area (Å²) in [5.41, 5.74) is 0.890. The Morgan fingerprint density at radius 2 is 2.00 bits per heavy atom. The molecule has 0 saturated carbocycles. The van der Waals surface area contributed by atoms with Crippen molar-refractivity contribution in [2.24, 2.45) is 0 Å². The zero-order valence-electron chi connectivity index (χ0n) is 12.8. The molecule has 0 amide bonds. The van der Waals surface area contributed by atoms with Gasteiger partial charge in [0.25, 0.3) is 0 Å². The van der Waals surface area contributed by atoms with Crippen molar-refractivity contribution in [2.45, 2.75) is 20.0 Å².